The Balaban J connectivity index is 1.29. The summed E-state index contributed by atoms with van der Waals surface area (Å²) in [4.78, 5) is 35.8. The van der Waals surface area contributed by atoms with Crippen molar-refractivity contribution in [2.75, 3.05) is 19.7 Å². The van der Waals surface area contributed by atoms with Crippen LogP contribution in [0.4, 0.5) is 8.78 Å². The smallest absolute Gasteiger partial charge is 0.387 e. The van der Waals surface area contributed by atoms with Crippen molar-refractivity contribution in [3.63, 3.8) is 0 Å². The molecular weight excluding hydrogens is 438 g/mol. The van der Waals surface area contributed by atoms with Crippen LogP contribution in [0.25, 0.3) is 10.9 Å². The largest absolute Gasteiger partial charge is 0.456 e. The Morgan fingerprint density at radius 1 is 1.00 bits per heavy atom. The maximum absolute atomic E-state index is 12.2. The number of nitrogens with zero attached hydrogens (tertiary/aromatic N) is 1. The number of para-hydroxylation sites is 1. The van der Waals surface area contributed by atoms with E-state index in [1.807, 2.05) is 6.07 Å². The van der Waals surface area contributed by atoms with Gasteiger partial charge in [0.15, 0.2) is 12.3 Å². The van der Waals surface area contributed by atoms with Gasteiger partial charge in [0.2, 0.25) is 0 Å². The molecule has 0 aliphatic carbocycles. The minimum absolute atomic E-state index is 0.0335. The van der Waals surface area contributed by atoms with E-state index in [2.05, 4.69) is 25.6 Å². The Morgan fingerprint density at radius 3 is 2.52 bits per heavy atom. The van der Waals surface area contributed by atoms with E-state index in [4.69, 9.17) is 4.74 Å². The number of halogens is 2. The highest BCUT2D eigenvalue weighted by Crippen LogP contribution is 2.15. The molecule has 3 rings (SSSR count). The van der Waals surface area contributed by atoms with Gasteiger partial charge in [-0.15, -0.1) is 0 Å². The maximum Gasteiger partial charge on any atom is 0.387 e. The van der Waals surface area contributed by atoms with E-state index in [-0.39, 0.29) is 31.0 Å². The van der Waals surface area contributed by atoms with Crippen LogP contribution in [0.1, 0.15) is 22.5 Å². The fourth-order valence-corrected chi connectivity index (χ4v) is 2.95. The fraction of sp³-hybridized carbons (Fsp3) is 0.273. The van der Waals surface area contributed by atoms with Crippen LogP contribution in [-0.2, 0) is 20.7 Å². The number of aromatic amines is 1. The standard InChI is InChI=1S/C22H22F2N4O5/c23-22(24)33-15-7-5-14(6-8-15)9-11-25-18(29)13-32-19(30)10-12-26-21(31)20-16-3-1-2-4-17(16)27-28-20/h1-8,22H,9-13H2,(H,25,29)(H,26,31)(H,27,28). The van der Waals surface area contributed by atoms with Crippen molar-refractivity contribution in [1.29, 1.82) is 0 Å². The summed E-state index contributed by atoms with van der Waals surface area (Å²) < 4.78 is 33.4. The molecule has 0 spiro atoms. The lowest BCUT2D eigenvalue weighted by Crippen LogP contribution is -2.31. The zero-order chi connectivity index (χ0) is 23.6. The predicted molar refractivity (Wildman–Crippen MR) is 114 cm³/mol. The van der Waals surface area contributed by atoms with Crippen molar-refractivity contribution in [3.8, 4) is 5.75 Å². The number of amides is 2. The van der Waals surface area contributed by atoms with Crippen LogP contribution in [0.5, 0.6) is 5.75 Å². The van der Waals surface area contributed by atoms with Crippen LogP contribution >= 0.6 is 0 Å². The second kappa shape index (κ2) is 11.6. The number of hydrogen-bond acceptors (Lipinski definition) is 6. The minimum Gasteiger partial charge on any atom is -0.456 e. The first-order chi connectivity index (χ1) is 15.9. The van der Waals surface area contributed by atoms with Gasteiger partial charge >= 0.3 is 12.6 Å². The lowest BCUT2D eigenvalue weighted by atomic mass is 10.1. The molecule has 0 aliphatic rings. The van der Waals surface area contributed by atoms with Crippen molar-refractivity contribution >= 4 is 28.7 Å². The molecule has 174 valence electrons. The van der Waals surface area contributed by atoms with Crippen LogP contribution in [0.2, 0.25) is 0 Å². The Morgan fingerprint density at radius 2 is 1.76 bits per heavy atom. The van der Waals surface area contributed by atoms with Crippen molar-refractivity contribution in [2.24, 2.45) is 0 Å². The normalized spacial score (nSPS) is 10.8. The molecule has 2 aromatic carbocycles. The Kier molecular flexibility index (Phi) is 8.28. The second-order valence-corrected chi connectivity index (χ2v) is 6.91. The molecule has 0 atom stereocenters. The molecule has 1 heterocycles. The number of benzene rings is 2. The molecule has 1 aromatic heterocycles. The van der Waals surface area contributed by atoms with Gasteiger partial charge in [0.05, 0.1) is 11.9 Å². The lowest BCUT2D eigenvalue weighted by Gasteiger charge is -2.08. The molecule has 11 heteroatoms. The molecule has 3 N–H and O–H groups in total. The predicted octanol–water partition coefficient (Wildman–Crippen LogP) is 2.19. The quantitative estimate of drug-likeness (QED) is 0.377. The van der Waals surface area contributed by atoms with Crippen LogP contribution in [0, 0.1) is 0 Å². The third-order valence-electron chi connectivity index (χ3n) is 4.55. The van der Waals surface area contributed by atoms with E-state index >= 15 is 0 Å². The van der Waals surface area contributed by atoms with Gasteiger partial charge < -0.3 is 20.1 Å². The van der Waals surface area contributed by atoms with Crippen molar-refractivity contribution in [1.82, 2.24) is 20.8 Å². The Labute approximate surface area is 187 Å². The highest BCUT2D eigenvalue weighted by atomic mass is 19.3. The number of alkyl halides is 2. The SMILES string of the molecule is O=C(COC(=O)CCNC(=O)c1n[nH]c2ccccc12)NCCc1ccc(OC(F)F)cc1. The Hall–Kier alpha value is -4.02. The van der Waals surface area contributed by atoms with Gasteiger partial charge in [0.1, 0.15) is 5.75 Å². The van der Waals surface area contributed by atoms with Gasteiger partial charge in [-0.2, -0.15) is 13.9 Å². The van der Waals surface area contributed by atoms with E-state index in [0.717, 1.165) is 11.1 Å². The highest BCUT2D eigenvalue weighted by Gasteiger charge is 2.14. The highest BCUT2D eigenvalue weighted by molar-refractivity contribution is 6.04. The number of esters is 1. The molecule has 0 radical (unpaired) electrons. The van der Waals surface area contributed by atoms with Gasteiger partial charge in [0, 0.05) is 18.5 Å². The summed E-state index contributed by atoms with van der Waals surface area (Å²) in [6.07, 6.45) is 0.358. The summed E-state index contributed by atoms with van der Waals surface area (Å²) in [7, 11) is 0. The van der Waals surface area contributed by atoms with Gasteiger partial charge in [-0.3, -0.25) is 19.5 Å². The first-order valence-electron chi connectivity index (χ1n) is 10.1. The van der Waals surface area contributed by atoms with Crippen LogP contribution in [0.3, 0.4) is 0 Å². The summed E-state index contributed by atoms with van der Waals surface area (Å²) in [5.74, 6) is -1.48. The number of H-pyrrole nitrogens is 1. The van der Waals surface area contributed by atoms with E-state index in [9.17, 15) is 23.2 Å². The van der Waals surface area contributed by atoms with E-state index in [1.165, 1.54) is 12.1 Å². The lowest BCUT2D eigenvalue weighted by molar-refractivity contribution is -0.148. The van der Waals surface area contributed by atoms with Crippen molar-refractivity contribution < 1.29 is 32.6 Å². The minimum atomic E-state index is -2.88. The van der Waals surface area contributed by atoms with E-state index < -0.39 is 31.0 Å². The van der Waals surface area contributed by atoms with Crippen LogP contribution < -0.4 is 15.4 Å². The first kappa shape index (κ1) is 23.6. The van der Waals surface area contributed by atoms with Crippen molar-refractivity contribution in [2.45, 2.75) is 19.5 Å². The van der Waals surface area contributed by atoms with Crippen molar-refractivity contribution in [3.05, 3.63) is 59.8 Å². The number of carbonyl (C=O) groups is 3. The molecule has 0 bridgehead atoms. The summed E-state index contributed by atoms with van der Waals surface area (Å²) in [6, 6.07) is 13.2. The molecule has 9 nitrogen and oxygen atoms in total. The number of rotatable bonds is 11. The molecule has 0 saturated heterocycles. The number of hydrogen-bond donors (Lipinski definition) is 3. The van der Waals surface area contributed by atoms with Gasteiger partial charge in [-0.1, -0.05) is 30.3 Å². The number of fused-ring (bicyclic) bond motifs is 1. The summed E-state index contributed by atoms with van der Waals surface area (Å²) in [5, 5.41) is 12.6. The first-order valence-corrected chi connectivity index (χ1v) is 10.1. The summed E-state index contributed by atoms with van der Waals surface area (Å²) >= 11 is 0. The third kappa shape index (κ3) is 7.27. The van der Waals surface area contributed by atoms with Gasteiger partial charge in [0.25, 0.3) is 11.8 Å². The molecule has 0 saturated carbocycles. The zero-order valence-corrected chi connectivity index (χ0v) is 17.5. The number of carbonyl (C=O) groups excluding carboxylic acids is 3. The van der Waals surface area contributed by atoms with Gasteiger partial charge in [-0.05, 0) is 30.2 Å². The molecule has 0 aliphatic heterocycles. The molecular formula is C22H22F2N4O5. The number of aromatic nitrogens is 2. The Bertz CT molecular complexity index is 1100. The second-order valence-electron chi connectivity index (χ2n) is 6.91. The molecule has 3 aromatic rings. The average Bonchev–Trinajstić information content (AvgIpc) is 3.23. The topological polar surface area (TPSA) is 122 Å². The summed E-state index contributed by atoms with van der Waals surface area (Å²) in [5.41, 5.74) is 1.77. The molecule has 33 heavy (non-hydrogen) atoms. The summed E-state index contributed by atoms with van der Waals surface area (Å²) in [6.45, 7) is -3.02. The molecule has 2 amide bonds. The maximum atomic E-state index is 12.2. The van der Waals surface area contributed by atoms with Gasteiger partial charge in [-0.25, -0.2) is 0 Å². The monoisotopic (exact) mass is 460 g/mol. The van der Waals surface area contributed by atoms with Crippen LogP contribution in [-0.4, -0.2) is 54.3 Å². The third-order valence-corrected chi connectivity index (χ3v) is 4.55. The van der Waals surface area contributed by atoms with E-state index in [0.29, 0.717) is 11.8 Å². The molecule has 0 fully saturated rings. The number of ether oxygens (including phenoxy) is 2. The zero-order valence-electron chi connectivity index (χ0n) is 17.5. The van der Waals surface area contributed by atoms with Crippen LogP contribution in [0.15, 0.2) is 48.5 Å². The fourth-order valence-electron chi connectivity index (χ4n) is 2.95. The number of nitrogens with one attached hydrogen (secondary N) is 3. The average molecular weight is 460 g/mol. The molecule has 0 unspecified atom stereocenters. The van der Waals surface area contributed by atoms with E-state index in [1.54, 1.807) is 30.3 Å².